The van der Waals surface area contributed by atoms with E-state index in [4.69, 9.17) is 9.47 Å². The van der Waals surface area contributed by atoms with E-state index < -0.39 is 0 Å². The quantitative estimate of drug-likeness (QED) is 0.730. The van der Waals surface area contributed by atoms with Gasteiger partial charge in [-0.2, -0.15) is 0 Å². The molecule has 0 spiro atoms. The Kier molecular flexibility index (Phi) is 5.53. The highest BCUT2D eigenvalue weighted by molar-refractivity contribution is 5.75. The lowest BCUT2D eigenvalue weighted by Crippen LogP contribution is -1.99. The fourth-order valence-corrected chi connectivity index (χ4v) is 1.52. The van der Waals surface area contributed by atoms with Crippen LogP contribution in [0.2, 0.25) is 0 Å². The SMILES string of the molecule is CCCOc1ccc(CCC(C)=O)cc1OC. The molecule has 0 aliphatic carbocycles. The van der Waals surface area contributed by atoms with Crippen molar-refractivity contribution in [3.05, 3.63) is 23.8 Å². The summed E-state index contributed by atoms with van der Waals surface area (Å²) in [6.45, 7) is 4.35. The van der Waals surface area contributed by atoms with E-state index in [1.54, 1.807) is 14.0 Å². The second kappa shape index (κ2) is 6.94. The molecule has 0 aliphatic heterocycles. The summed E-state index contributed by atoms with van der Waals surface area (Å²) in [6, 6.07) is 5.83. The minimum atomic E-state index is 0.204. The molecule has 1 rings (SSSR count). The highest BCUT2D eigenvalue weighted by atomic mass is 16.5. The third kappa shape index (κ3) is 4.47. The first kappa shape index (κ1) is 13.6. The van der Waals surface area contributed by atoms with Gasteiger partial charge in [-0.1, -0.05) is 13.0 Å². The fourth-order valence-electron chi connectivity index (χ4n) is 1.52. The zero-order valence-corrected chi connectivity index (χ0v) is 10.8. The molecule has 3 nitrogen and oxygen atoms in total. The van der Waals surface area contributed by atoms with Gasteiger partial charge in [0.2, 0.25) is 0 Å². The Morgan fingerprint density at radius 3 is 2.65 bits per heavy atom. The van der Waals surface area contributed by atoms with Gasteiger partial charge < -0.3 is 14.3 Å². The molecule has 0 N–H and O–H groups in total. The molecular formula is C14H20O3. The third-order valence-electron chi connectivity index (χ3n) is 2.46. The Hall–Kier alpha value is -1.51. The van der Waals surface area contributed by atoms with Crippen LogP contribution in [0.25, 0.3) is 0 Å². The second-order valence-corrected chi connectivity index (χ2v) is 4.04. The van der Waals surface area contributed by atoms with Gasteiger partial charge in [0.1, 0.15) is 5.78 Å². The first-order chi connectivity index (χ1) is 8.17. The maximum atomic E-state index is 10.9. The molecule has 0 radical (unpaired) electrons. The number of carbonyl (C=O) groups is 1. The number of ether oxygens (including phenoxy) is 2. The lowest BCUT2D eigenvalue weighted by Gasteiger charge is -2.11. The molecule has 3 heteroatoms. The van der Waals surface area contributed by atoms with Gasteiger partial charge in [-0.15, -0.1) is 0 Å². The highest BCUT2D eigenvalue weighted by Crippen LogP contribution is 2.28. The van der Waals surface area contributed by atoms with Crippen LogP contribution in [-0.4, -0.2) is 19.5 Å². The van der Waals surface area contributed by atoms with E-state index in [1.807, 2.05) is 18.2 Å². The molecule has 0 heterocycles. The first-order valence-electron chi connectivity index (χ1n) is 5.96. The molecular weight excluding hydrogens is 216 g/mol. The number of rotatable bonds is 7. The molecule has 0 amide bonds. The van der Waals surface area contributed by atoms with Gasteiger partial charge in [0.25, 0.3) is 0 Å². The minimum Gasteiger partial charge on any atom is -0.493 e. The van der Waals surface area contributed by atoms with Crippen molar-refractivity contribution >= 4 is 5.78 Å². The van der Waals surface area contributed by atoms with Crippen molar-refractivity contribution in [2.24, 2.45) is 0 Å². The van der Waals surface area contributed by atoms with Gasteiger partial charge in [-0.05, 0) is 37.5 Å². The highest BCUT2D eigenvalue weighted by Gasteiger charge is 2.06. The zero-order valence-electron chi connectivity index (χ0n) is 10.8. The summed E-state index contributed by atoms with van der Waals surface area (Å²) in [7, 11) is 1.63. The lowest BCUT2D eigenvalue weighted by molar-refractivity contribution is -0.116. The van der Waals surface area contributed by atoms with Crippen molar-refractivity contribution in [2.75, 3.05) is 13.7 Å². The number of aryl methyl sites for hydroxylation is 1. The Morgan fingerprint density at radius 1 is 1.29 bits per heavy atom. The second-order valence-electron chi connectivity index (χ2n) is 4.04. The van der Waals surface area contributed by atoms with Gasteiger partial charge in [0.05, 0.1) is 13.7 Å². The number of ketones is 1. The number of benzene rings is 1. The van der Waals surface area contributed by atoms with Crippen LogP contribution in [0.4, 0.5) is 0 Å². The summed E-state index contributed by atoms with van der Waals surface area (Å²) in [6.07, 6.45) is 2.29. The summed E-state index contributed by atoms with van der Waals surface area (Å²) in [5.41, 5.74) is 1.10. The Morgan fingerprint density at radius 2 is 2.06 bits per heavy atom. The van der Waals surface area contributed by atoms with Crippen LogP contribution >= 0.6 is 0 Å². The summed E-state index contributed by atoms with van der Waals surface area (Å²) in [4.78, 5) is 10.9. The Balaban J connectivity index is 2.73. The Labute approximate surface area is 103 Å². The number of methoxy groups -OCH3 is 1. The van der Waals surface area contributed by atoms with E-state index >= 15 is 0 Å². The van der Waals surface area contributed by atoms with E-state index in [0.717, 1.165) is 29.9 Å². The van der Waals surface area contributed by atoms with E-state index in [1.165, 1.54) is 0 Å². The molecule has 1 aromatic rings. The summed E-state index contributed by atoms with van der Waals surface area (Å²) < 4.78 is 10.8. The topological polar surface area (TPSA) is 35.5 Å². The molecule has 0 atom stereocenters. The van der Waals surface area contributed by atoms with Crippen molar-refractivity contribution < 1.29 is 14.3 Å². The monoisotopic (exact) mass is 236 g/mol. The summed E-state index contributed by atoms with van der Waals surface area (Å²) in [5, 5.41) is 0. The number of carbonyl (C=O) groups excluding carboxylic acids is 1. The van der Waals surface area contributed by atoms with Crippen LogP contribution < -0.4 is 9.47 Å². The molecule has 0 saturated heterocycles. The molecule has 94 valence electrons. The molecule has 0 unspecified atom stereocenters. The van der Waals surface area contributed by atoms with Crippen LogP contribution in [0.1, 0.15) is 32.3 Å². The third-order valence-corrected chi connectivity index (χ3v) is 2.46. The molecule has 17 heavy (non-hydrogen) atoms. The molecule has 1 aromatic carbocycles. The molecule has 0 saturated carbocycles. The Bertz CT molecular complexity index is 372. The van der Waals surface area contributed by atoms with Gasteiger partial charge in [-0.25, -0.2) is 0 Å². The van der Waals surface area contributed by atoms with Crippen LogP contribution in [0, 0.1) is 0 Å². The minimum absolute atomic E-state index is 0.204. The standard InChI is InChI=1S/C14H20O3/c1-4-9-17-13-8-7-12(6-5-11(2)15)10-14(13)16-3/h7-8,10H,4-6,9H2,1-3H3. The van der Waals surface area contributed by atoms with E-state index in [0.29, 0.717) is 13.0 Å². The molecule has 0 fully saturated rings. The molecule has 0 bridgehead atoms. The van der Waals surface area contributed by atoms with E-state index in [-0.39, 0.29) is 5.78 Å². The maximum Gasteiger partial charge on any atom is 0.161 e. The first-order valence-corrected chi connectivity index (χ1v) is 5.96. The fraction of sp³-hybridized carbons (Fsp3) is 0.500. The van der Waals surface area contributed by atoms with Gasteiger partial charge in [0, 0.05) is 6.42 Å². The van der Waals surface area contributed by atoms with E-state index in [9.17, 15) is 4.79 Å². The largest absolute Gasteiger partial charge is 0.493 e. The summed E-state index contributed by atoms with van der Waals surface area (Å²) >= 11 is 0. The average Bonchev–Trinajstić information content (AvgIpc) is 2.34. The van der Waals surface area contributed by atoms with Crippen molar-refractivity contribution in [1.82, 2.24) is 0 Å². The van der Waals surface area contributed by atoms with Gasteiger partial charge in [-0.3, -0.25) is 0 Å². The normalized spacial score (nSPS) is 10.1. The predicted octanol–water partition coefficient (Wildman–Crippen LogP) is 3.01. The van der Waals surface area contributed by atoms with Gasteiger partial charge in [0.15, 0.2) is 11.5 Å². The van der Waals surface area contributed by atoms with Crippen LogP contribution in [-0.2, 0) is 11.2 Å². The smallest absolute Gasteiger partial charge is 0.161 e. The van der Waals surface area contributed by atoms with Crippen LogP contribution in [0.5, 0.6) is 11.5 Å². The van der Waals surface area contributed by atoms with Crippen LogP contribution in [0.15, 0.2) is 18.2 Å². The van der Waals surface area contributed by atoms with Crippen molar-refractivity contribution in [3.63, 3.8) is 0 Å². The molecule has 0 aliphatic rings. The maximum absolute atomic E-state index is 10.9. The van der Waals surface area contributed by atoms with Crippen molar-refractivity contribution in [3.8, 4) is 11.5 Å². The summed E-state index contributed by atoms with van der Waals surface area (Å²) in [5.74, 6) is 1.70. The predicted molar refractivity (Wildman–Crippen MR) is 67.8 cm³/mol. The van der Waals surface area contributed by atoms with Crippen molar-refractivity contribution in [2.45, 2.75) is 33.1 Å². The molecule has 0 aromatic heterocycles. The van der Waals surface area contributed by atoms with Crippen molar-refractivity contribution in [1.29, 1.82) is 0 Å². The number of hydrogen-bond donors (Lipinski definition) is 0. The number of Topliss-reactive ketones (excluding diaryl/α,β-unsaturated/α-hetero) is 1. The van der Waals surface area contributed by atoms with E-state index in [2.05, 4.69) is 6.92 Å². The number of hydrogen-bond acceptors (Lipinski definition) is 3. The van der Waals surface area contributed by atoms with Gasteiger partial charge >= 0.3 is 0 Å². The lowest BCUT2D eigenvalue weighted by atomic mass is 10.1. The zero-order chi connectivity index (χ0) is 12.7. The van der Waals surface area contributed by atoms with Crippen LogP contribution in [0.3, 0.4) is 0 Å². The average molecular weight is 236 g/mol.